The van der Waals surface area contributed by atoms with Gasteiger partial charge in [0.05, 0.1) is 0 Å². The van der Waals surface area contributed by atoms with Crippen LogP contribution in [0.5, 0.6) is 5.75 Å². The second-order valence-corrected chi connectivity index (χ2v) is 4.68. The summed E-state index contributed by atoms with van der Waals surface area (Å²) in [5.41, 5.74) is 9.32. The molecule has 0 unspecified atom stereocenters. The molecule has 3 N–H and O–H groups in total. The van der Waals surface area contributed by atoms with Gasteiger partial charge in [-0.3, -0.25) is 0 Å². The van der Waals surface area contributed by atoms with E-state index in [0.29, 0.717) is 17.7 Å². The smallest absolute Gasteiger partial charge is 0.116 e. The molecule has 18 heavy (non-hydrogen) atoms. The molecule has 1 aliphatic carbocycles. The number of hydrogen-bond acceptors (Lipinski definition) is 2. The van der Waals surface area contributed by atoms with Gasteiger partial charge in [0.1, 0.15) is 5.75 Å². The van der Waals surface area contributed by atoms with Crippen LogP contribution >= 0.6 is 12.4 Å². The number of rotatable bonds is 2. The molecule has 0 spiro atoms. The normalized spacial score (nSPS) is 21.2. The summed E-state index contributed by atoms with van der Waals surface area (Å²) in [7, 11) is 0. The molecule has 0 aliphatic heterocycles. The van der Waals surface area contributed by atoms with Crippen LogP contribution in [0.15, 0.2) is 48.5 Å². The quantitative estimate of drug-likeness (QED) is 0.871. The molecular weight excluding hydrogens is 246 g/mol. The third-order valence-corrected chi connectivity index (χ3v) is 3.36. The Balaban J connectivity index is 0.00000120. The Morgan fingerprint density at radius 2 is 1.67 bits per heavy atom. The highest BCUT2D eigenvalue weighted by atomic mass is 35.5. The molecule has 0 bridgehead atoms. The number of hydrogen-bond donors (Lipinski definition) is 2. The SMILES string of the molecule is Cl.N[C@@H]1C[C@H]1c1ccc(-c2cccc(O)c2)cc1. The Labute approximate surface area is 113 Å². The van der Waals surface area contributed by atoms with Crippen molar-refractivity contribution in [1.82, 2.24) is 0 Å². The van der Waals surface area contributed by atoms with Crippen molar-refractivity contribution in [3.8, 4) is 16.9 Å². The summed E-state index contributed by atoms with van der Waals surface area (Å²) < 4.78 is 0. The third kappa shape index (κ3) is 2.50. The maximum Gasteiger partial charge on any atom is 0.116 e. The second kappa shape index (κ2) is 5.01. The van der Waals surface area contributed by atoms with Gasteiger partial charge in [-0.05, 0) is 35.2 Å². The maximum atomic E-state index is 9.45. The highest BCUT2D eigenvalue weighted by molar-refractivity contribution is 5.85. The molecule has 0 heterocycles. The summed E-state index contributed by atoms with van der Waals surface area (Å²) >= 11 is 0. The van der Waals surface area contributed by atoms with Crippen LogP contribution in [0.1, 0.15) is 17.9 Å². The highest BCUT2D eigenvalue weighted by Gasteiger charge is 2.34. The molecule has 2 aromatic carbocycles. The Morgan fingerprint density at radius 1 is 1.00 bits per heavy atom. The van der Waals surface area contributed by atoms with Crippen LogP contribution in [0.3, 0.4) is 0 Å². The van der Waals surface area contributed by atoms with Crippen molar-refractivity contribution in [2.45, 2.75) is 18.4 Å². The summed E-state index contributed by atoms with van der Waals surface area (Å²) in [5, 5.41) is 9.45. The Kier molecular flexibility index (Phi) is 3.60. The van der Waals surface area contributed by atoms with E-state index in [1.54, 1.807) is 12.1 Å². The van der Waals surface area contributed by atoms with Gasteiger partial charge >= 0.3 is 0 Å². The van der Waals surface area contributed by atoms with Gasteiger partial charge < -0.3 is 10.8 Å². The van der Waals surface area contributed by atoms with Gasteiger partial charge in [-0.25, -0.2) is 0 Å². The summed E-state index contributed by atoms with van der Waals surface area (Å²) in [6.45, 7) is 0. The lowest BCUT2D eigenvalue weighted by Crippen LogP contribution is -2.00. The van der Waals surface area contributed by atoms with Gasteiger partial charge in [-0.2, -0.15) is 0 Å². The fourth-order valence-corrected chi connectivity index (χ4v) is 2.21. The van der Waals surface area contributed by atoms with E-state index in [1.165, 1.54) is 5.56 Å². The first kappa shape index (κ1) is 12.9. The Bertz CT molecular complexity index is 538. The number of phenolic OH excluding ortho intramolecular Hbond substituents is 1. The number of nitrogens with two attached hydrogens (primary N) is 1. The van der Waals surface area contributed by atoms with E-state index in [1.807, 2.05) is 12.1 Å². The molecule has 3 rings (SSSR count). The highest BCUT2D eigenvalue weighted by Crippen LogP contribution is 2.39. The van der Waals surface area contributed by atoms with Crippen LogP contribution in [-0.4, -0.2) is 11.1 Å². The van der Waals surface area contributed by atoms with Gasteiger partial charge in [0.2, 0.25) is 0 Å². The monoisotopic (exact) mass is 261 g/mol. The van der Waals surface area contributed by atoms with Crippen molar-refractivity contribution in [3.63, 3.8) is 0 Å². The fraction of sp³-hybridized carbons (Fsp3) is 0.200. The Morgan fingerprint density at radius 3 is 2.22 bits per heavy atom. The van der Waals surface area contributed by atoms with E-state index in [2.05, 4.69) is 24.3 Å². The van der Waals surface area contributed by atoms with Crippen molar-refractivity contribution in [2.24, 2.45) is 5.73 Å². The van der Waals surface area contributed by atoms with E-state index < -0.39 is 0 Å². The lowest BCUT2D eigenvalue weighted by atomic mass is 10.0. The van der Waals surface area contributed by atoms with Gasteiger partial charge in [-0.15, -0.1) is 12.4 Å². The molecule has 1 aliphatic rings. The summed E-state index contributed by atoms with van der Waals surface area (Å²) in [6, 6.07) is 16.1. The van der Waals surface area contributed by atoms with Crippen molar-refractivity contribution in [1.29, 1.82) is 0 Å². The van der Waals surface area contributed by atoms with Crippen LogP contribution < -0.4 is 5.73 Å². The average molecular weight is 262 g/mol. The van der Waals surface area contributed by atoms with E-state index in [-0.39, 0.29) is 12.4 Å². The molecule has 2 aromatic rings. The Hall–Kier alpha value is -1.51. The third-order valence-electron chi connectivity index (χ3n) is 3.36. The minimum Gasteiger partial charge on any atom is -0.508 e. The fourth-order valence-electron chi connectivity index (χ4n) is 2.21. The minimum absolute atomic E-state index is 0. The van der Waals surface area contributed by atoms with Crippen molar-refractivity contribution in [3.05, 3.63) is 54.1 Å². The van der Waals surface area contributed by atoms with Crippen LogP contribution in [-0.2, 0) is 0 Å². The van der Waals surface area contributed by atoms with E-state index >= 15 is 0 Å². The molecular formula is C15H16ClNO. The van der Waals surface area contributed by atoms with Crippen LogP contribution in [0.4, 0.5) is 0 Å². The molecule has 0 radical (unpaired) electrons. The van der Waals surface area contributed by atoms with Crippen molar-refractivity contribution in [2.75, 3.05) is 0 Å². The van der Waals surface area contributed by atoms with Gasteiger partial charge in [0.25, 0.3) is 0 Å². The summed E-state index contributed by atoms with van der Waals surface area (Å²) in [5.74, 6) is 0.851. The molecule has 0 aromatic heterocycles. The van der Waals surface area contributed by atoms with Crippen molar-refractivity contribution < 1.29 is 5.11 Å². The minimum atomic E-state index is 0. The molecule has 94 valence electrons. The van der Waals surface area contributed by atoms with Crippen LogP contribution in [0.2, 0.25) is 0 Å². The lowest BCUT2D eigenvalue weighted by molar-refractivity contribution is 0.475. The first-order valence-corrected chi connectivity index (χ1v) is 5.89. The molecule has 1 saturated carbocycles. The molecule has 2 nitrogen and oxygen atoms in total. The topological polar surface area (TPSA) is 46.2 Å². The predicted octanol–water partition coefficient (Wildman–Crippen LogP) is 3.30. The van der Waals surface area contributed by atoms with Gasteiger partial charge in [-0.1, -0.05) is 36.4 Å². The average Bonchev–Trinajstić information content (AvgIpc) is 3.07. The molecule has 3 heteroatoms. The zero-order valence-electron chi connectivity index (χ0n) is 9.91. The maximum absolute atomic E-state index is 9.45. The standard InChI is InChI=1S/C15H15NO.ClH/c16-15-9-14(15)11-6-4-10(5-7-11)12-2-1-3-13(17)8-12;/h1-8,14-15,17H,9,16H2;1H/t14-,15+;/m0./s1. The number of halogens is 1. The summed E-state index contributed by atoms with van der Waals surface area (Å²) in [6.07, 6.45) is 1.10. The van der Waals surface area contributed by atoms with Crippen molar-refractivity contribution >= 4 is 12.4 Å². The van der Waals surface area contributed by atoms with E-state index in [0.717, 1.165) is 17.5 Å². The first-order chi connectivity index (χ1) is 8.24. The molecule has 0 saturated heterocycles. The number of aromatic hydroxyl groups is 1. The number of benzene rings is 2. The largest absolute Gasteiger partial charge is 0.508 e. The lowest BCUT2D eigenvalue weighted by Gasteiger charge is -2.04. The summed E-state index contributed by atoms with van der Waals surface area (Å²) in [4.78, 5) is 0. The predicted molar refractivity (Wildman–Crippen MR) is 76.1 cm³/mol. The van der Waals surface area contributed by atoms with E-state index in [4.69, 9.17) is 5.73 Å². The molecule has 1 fully saturated rings. The molecule has 2 atom stereocenters. The van der Waals surface area contributed by atoms with Gasteiger partial charge in [0.15, 0.2) is 0 Å². The first-order valence-electron chi connectivity index (χ1n) is 5.89. The van der Waals surface area contributed by atoms with Gasteiger partial charge in [0, 0.05) is 12.0 Å². The molecule has 0 amide bonds. The number of phenols is 1. The van der Waals surface area contributed by atoms with Crippen LogP contribution in [0, 0.1) is 0 Å². The zero-order valence-corrected chi connectivity index (χ0v) is 10.7. The van der Waals surface area contributed by atoms with Crippen LogP contribution in [0.25, 0.3) is 11.1 Å². The second-order valence-electron chi connectivity index (χ2n) is 4.68. The zero-order chi connectivity index (χ0) is 11.8. The van der Waals surface area contributed by atoms with E-state index in [9.17, 15) is 5.11 Å².